The van der Waals surface area contributed by atoms with Gasteiger partial charge in [-0.1, -0.05) is 54.6 Å². The fourth-order valence-corrected chi connectivity index (χ4v) is 4.40. The molecular formula is C27H22N2O4. The Kier molecular flexibility index (Phi) is 5.26. The lowest BCUT2D eigenvalue weighted by molar-refractivity contribution is 0.103. The maximum atomic E-state index is 13.1. The van der Waals surface area contributed by atoms with Gasteiger partial charge in [-0.25, -0.2) is 0 Å². The van der Waals surface area contributed by atoms with Crippen molar-refractivity contribution < 1.29 is 19.4 Å². The van der Waals surface area contributed by atoms with Crippen LogP contribution >= 0.6 is 0 Å². The Hall–Kier alpha value is -4.19. The molecule has 1 N–H and O–H groups in total. The Balaban J connectivity index is 1.62. The molecule has 33 heavy (non-hydrogen) atoms. The molecule has 1 heterocycles. The highest BCUT2D eigenvalue weighted by Crippen LogP contribution is 2.46. The highest BCUT2D eigenvalue weighted by Gasteiger charge is 2.36. The third kappa shape index (κ3) is 3.49. The number of ketones is 1. The van der Waals surface area contributed by atoms with E-state index in [1.165, 1.54) is 0 Å². The standard InChI is InChI=1S/C27H22N2O4/c1-32-17-12-13-20(23(14-17)33-2)25-21(16-8-4-3-5-9-16)15-22(28-29-25)24-26(30)18-10-6-7-11-19(18)27(24)31/h3-15,21,25,30H,1-2H3/t21-,25-/m0/s1. The molecule has 0 spiro atoms. The van der Waals surface area contributed by atoms with Crippen LogP contribution in [-0.4, -0.2) is 25.1 Å². The molecule has 164 valence electrons. The Morgan fingerprint density at radius 2 is 1.61 bits per heavy atom. The van der Waals surface area contributed by atoms with Gasteiger partial charge in [0.05, 0.1) is 25.5 Å². The number of rotatable bonds is 5. The summed E-state index contributed by atoms with van der Waals surface area (Å²) in [7, 11) is 3.21. The molecule has 0 aromatic heterocycles. The number of hydrogen-bond acceptors (Lipinski definition) is 6. The maximum absolute atomic E-state index is 13.1. The number of fused-ring (bicyclic) bond motifs is 1. The van der Waals surface area contributed by atoms with Crippen LogP contribution in [0.2, 0.25) is 0 Å². The molecule has 5 rings (SSSR count). The van der Waals surface area contributed by atoms with Crippen LogP contribution in [0.15, 0.2) is 100 Å². The van der Waals surface area contributed by atoms with E-state index < -0.39 is 0 Å². The van der Waals surface area contributed by atoms with Crippen molar-refractivity contribution in [2.75, 3.05) is 14.2 Å². The fraction of sp³-hybridized carbons (Fsp3) is 0.148. The van der Waals surface area contributed by atoms with Gasteiger partial charge in [0.2, 0.25) is 0 Å². The second kappa shape index (κ2) is 8.39. The molecule has 1 aliphatic heterocycles. The van der Waals surface area contributed by atoms with Crippen molar-refractivity contribution in [1.29, 1.82) is 0 Å². The first kappa shape index (κ1) is 20.7. The molecule has 0 amide bonds. The van der Waals surface area contributed by atoms with Crippen LogP contribution in [0.25, 0.3) is 5.76 Å². The second-order valence-corrected chi connectivity index (χ2v) is 7.85. The first-order chi connectivity index (χ1) is 16.1. The molecule has 3 aromatic carbocycles. The Bertz CT molecular complexity index is 1320. The van der Waals surface area contributed by atoms with Gasteiger partial charge in [-0.05, 0) is 23.8 Å². The van der Waals surface area contributed by atoms with E-state index in [1.807, 2.05) is 54.6 Å². The second-order valence-electron chi connectivity index (χ2n) is 7.85. The zero-order valence-electron chi connectivity index (χ0n) is 18.2. The molecule has 0 saturated carbocycles. The number of hydrogen-bond donors (Lipinski definition) is 1. The number of carbonyl (C=O) groups excluding carboxylic acids is 1. The summed E-state index contributed by atoms with van der Waals surface area (Å²) in [6.45, 7) is 0. The van der Waals surface area contributed by atoms with E-state index in [4.69, 9.17) is 9.47 Å². The Morgan fingerprint density at radius 3 is 2.30 bits per heavy atom. The van der Waals surface area contributed by atoms with Crippen LogP contribution in [-0.2, 0) is 0 Å². The smallest absolute Gasteiger partial charge is 0.199 e. The average Bonchev–Trinajstić information content (AvgIpc) is 3.13. The summed E-state index contributed by atoms with van der Waals surface area (Å²) in [4.78, 5) is 13.1. The number of ether oxygens (including phenoxy) is 2. The highest BCUT2D eigenvalue weighted by atomic mass is 16.5. The average molecular weight is 438 g/mol. The predicted molar refractivity (Wildman–Crippen MR) is 125 cm³/mol. The van der Waals surface area contributed by atoms with Crippen LogP contribution in [0.3, 0.4) is 0 Å². The van der Waals surface area contributed by atoms with Gasteiger partial charge >= 0.3 is 0 Å². The molecule has 0 saturated heterocycles. The lowest BCUT2D eigenvalue weighted by atomic mass is 9.84. The summed E-state index contributed by atoms with van der Waals surface area (Å²) in [5.41, 5.74) is 3.40. The van der Waals surface area contributed by atoms with Crippen LogP contribution in [0.5, 0.6) is 11.5 Å². The zero-order chi connectivity index (χ0) is 22.9. The number of methoxy groups -OCH3 is 2. The minimum Gasteiger partial charge on any atom is -0.506 e. The van der Waals surface area contributed by atoms with Gasteiger partial charge in [-0.2, -0.15) is 10.2 Å². The van der Waals surface area contributed by atoms with Gasteiger partial charge in [0.25, 0.3) is 0 Å². The summed E-state index contributed by atoms with van der Waals surface area (Å²) < 4.78 is 11.0. The Morgan fingerprint density at radius 1 is 0.879 bits per heavy atom. The van der Waals surface area contributed by atoms with E-state index in [1.54, 1.807) is 38.5 Å². The molecule has 0 bridgehead atoms. The van der Waals surface area contributed by atoms with Gasteiger partial charge in [0.1, 0.15) is 23.3 Å². The molecule has 2 atom stereocenters. The third-order valence-electron chi connectivity index (χ3n) is 6.06. The van der Waals surface area contributed by atoms with Gasteiger partial charge in [0.15, 0.2) is 5.78 Å². The largest absolute Gasteiger partial charge is 0.506 e. The molecule has 0 fully saturated rings. The van der Waals surface area contributed by atoms with Gasteiger partial charge in [-0.15, -0.1) is 0 Å². The topological polar surface area (TPSA) is 80.5 Å². The number of allylic oxidation sites excluding steroid dienone is 1. The minimum absolute atomic E-state index is 0.0620. The fourth-order valence-electron chi connectivity index (χ4n) is 4.40. The highest BCUT2D eigenvalue weighted by molar-refractivity contribution is 6.22. The van der Waals surface area contributed by atoms with E-state index in [2.05, 4.69) is 10.2 Å². The number of Topliss-reactive ketones (excluding diaryl/α,β-unsaturated/α-hetero) is 1. The monoisotopic (exact) mass is 438 g/mol. The number of benzene rings is 3. The molecular weight excluding hydrogens is 416 g/mol. The van der Waals surface area contributed by atoms with E-state index >= 15 is 0 Å². The van der Waals surface area contributed by atoms with Crippen LogP contribution in [0.1, 0.15) is 39.0 Å². The molecule has 1 aliphatic carbocycles. The molecule has 3 aromatic rings. The van der Waals surface area contributed by atoms with Crippen LogP contribution in [0, 0.1) is 0 Å². The first-order valence-corrected chi connectivity index (χ1v) is 10.6. The summed E-state index contributed by atoms with van der Waals surface area (Å²) in [6, 6.07) is 22.1. The van der Waals surface area contributed by atoms with Gasteiger partial charge < -0.3 is 14.6 Å². The van der Waals surface area contributed by atoms with E-state index in [0.717, 1.165) is 11.1 Å². The molecule has 0 unspecified atom stereocenters. The van der Waals surface area contributed by atoms with E-state index in [9.17, 15) is 9.90 Å². The SMILES string of the molecule is COc1ccc([C@@H]2N=NC(C3=C(O)c4ccccc4C3=O)=C[C@H]2c2ccccc2)c(OC)c1. The first-order valence-electron chi connectivity index (χ1n) is 10.6. The normalized spacial score (nSPS) is 19.3. The van der Waals surface area contributed by atoms with Crippen molar-refractivity contribution in [3.8, 4) is 11.5 Å². The maximum Gasteiger partial charge on any atom is 0.199 e. The number of aliphatic hydroxyl groups excluding tert-OH is 1. The van der Waals surface area contributed by atoms with E-state index in [0.29, 0.717) is 28.3 Å². The summed E-state index contributed by atoms with van der Waals surface area (Å²) in [5, 5.41) is 19.9. The van der Waals surface area contributed by atoms with Crippen molar-refractivity contribution in [3.05, 3.63) is 112 Å². The van der Waals surface area contributed by atoms with Crippen molar-refractivity contribution in [3.63, 3.8) is 0 Å². The minimum atomic E-state index is -0.376. The summed E-state index contributed by atoms with van der Waals surface area (Å²) in [6.07, 6.45) is 1.91. The number of aliphatic hydroxyl groups is 1. The van der Waals surface area contributed by atoms with Gasteiger partial charge in [0, 0.05) is 28.7 Å². The van der Waals surface area contributed by atoms with Crippen molar-refractivity contribution >= 4 is 11.5 Å². The molecule has 2 aliphatic rings. The quantitative estimate of drug-likeness (QED) is 0.526. The Labute approximate surface area is 191 Å². The lowest BCUT2D eigenvalue weighted by Gasteiger charge is -2.26. The molecule has 6 nitrogen and oxygen atoms in total. The van der Waals surface area contributed by atoms with Crippen LogP contribution < -0.4 is 9.47 Å². The zero-order valence-corrected chi connectivity index (χ0v) is 18.2. The van der Waals surface area contributed by atoms with Gasteiger partial charge in [-0.3, -0.25) is 4.79 Å². The summed E-state index contributed by atoms with van der Waals surface area (Å²) >= 11 is 0. The molecule has 6 heteroatoms. The van der Waals surface area contributed by atoms with E-state index in [-0.39, 0.29) is 29.1 Å². The third-order valence-corrected chi connectivity index (χ3v) is 6.06. The number of azo groups is 1. The van der Waals surface area contributed by atoms with Crippen molar-refractivity contribution in [2.45, 2.75) is 12.0 Å². The van der Waals surface area contributed by atoms with Crippen molar-refractivity contribution in [1.82, 2.24) is 0 Å². The number of carbonyl (C=O) groups is 1. The van der Waals surface area contributed by atoms with Crippen molar-refractivity contribution in [2.24, 2.45) is 10.2 Å². The van der Waals surface area contributed by atoms with Crippen LogP contribution in [0.4, 0.5) is 0 Å². The lowest BCUT2D eigenvalue weighted by Crippen LogP contribution is -2.14. The molecule has 0 radical (unpaired) electrons. The number of nitrogens with zero attached hydrogens (tertiary/aromatic N) is 2. The predicted octanol–water partition coefficient (Wildman–Crippen LogP) is 6.04. The summed E-state index contributed by atoms with van der Waals surface area (Å²) in [5.74, 6) is 0.786.